The number of aromatic nitrogens is 3. The van der Waals surface area contributed by atoms with Crippen LogP contribution in [0.15, 0.2) is 11.6 Å². The predicted octanol–water partition coefficient (Wildman–Crippen LogP) is 2.72. The van der Waals surface area contributed by atoms with Crippen molar-refractivity contribution in [3.63, 3.8) is 0 Å². The van der Waals surface area contributed by atoms with Crippen molar-refractivity contribution in [2.45, 2.75) is 32.7 Å². The summed E-state index contributed by atoms with van der Waals surface area (Å²) >= 11 is 1.60. The smallest absolute Gasteiger partial charge is 0.329 e. The maximum atomic E-state index is 10.7. The SMILES string of the molecule is CC(C)c1nc(C(C)Nc2ncc([N+](=O)[O-])c(N)n2)cs1. The van der Waals surface area contributed by atoms with Crippen LogP contribution in [0.5, 0.6) is 0 Å². The van der Waals surface area contributed by atoms with E-state index in [0.717, 1.165) is 16.9 Å². The molecule has 0 radical (unpaired) electrons. The van der Waals surface area contributed by atoms with Gasteiger partial charge in [0.1, 0.15) is 6.20 Å². The zero-order valence-electron chi connectivity index (χ0n) is 11.9. The molecular formula is C12H16N6O2S. The molecule has 2 aromatic heterocycles. The molecule has 0 saturated heterocycles. The summed E-state index contributed by atoms with van der Waals surface area (Å²) in [5.41, 5.74) is 6.11. The molecule has 3 N–H and O–H groups in total. The minimum atomic E-state index is -0.613. The first kappa shape index (κ1) is 15.1. The van der Waals surface area contributed by atoms with E-state index < -0.39 is 4.92 Å². The van der Waals surface area contributed by atoms with Crippen LogP contribution in [0.25, 0.3) is 0 Å². The standard InChI is InChI=1S/C12H16N6O2S/c1-6(2)11-16-8(5-21-11)7(3)15-12-14-4-9(18(19)20)10(13)17-12/h4-7H,1-3H3,(H3,13,14,15,17). The summed E-state index contributed by atoms with van der Waals surface area (Å²) in [7, 11) is 0. The topological polar surface area (TPSA) is 120 Å². The van der Waals surface area contributed by atoms with E-state index in [0.29, 0.717) is 5.92 Å². The third-order valence-electron chi connectivity index (χ3n) is 2.82. The second-order valence-electron chi connectivity index (χ2n) is 4.85. The van der Waals surface area contributed by atoms with Crippen molar-refractivity contribution >= 4 is 28.8 Å². The first-order valence-corrected chi connectivity index (χ1v) is 7.25. The average Bonchev–Trinajstić information content (AvgIpc) is 2.88. The van der Waals surface area contributed by atoms with Gasteiger partial charge in [-0.1, -0.05) is 13.8 Å². The Morgan fingerprint density at radius 1 is 1.38 bits per heavy atom. The summed E-state index contributed by atoms with van der Waals surface area (Å²) in [6.07, 6.45) is 1.10. The highest BCUT2D eigenvalue weighted by molar-refractivity contribution is 7.09. The lowest BCUT2D eigenvalue weighted by atomic mass is 10.2. The monoisotopic (exact) mass is 308 g/mol. The Morgan fingerprint density at radius 2 is 2.10 bits per heavy atom. The van der Waals surface area contributed by atoms with E-state index in [9.17, 15) is 10.1 Å². The van der Waals surface area contributed by atoms with Gasteiger partial charge in [-0.2, -0.15) is 4.98 Å². The van der Waals surface area contributed by atoms with Gasteiger partial charge in [-0.15, -0.1) is 11.3 Å². The van der Waals surface area contributed by atoms with Crippen molar-refractivity contribution in [2.75, 3.05) is 11.1 Å². The molecule has 0 aliphatic heterocycles. The Morgan fingerprint density at radius 3 is 2.62 bits per heavy atom. The molecule has 2 rings (SSSR count). The molecule has 0 saturated carbocycles. The van der Waals surface area contributed by atoms with Crippen molar-refractivity contribution < 1.29 is 4.92 Å². The molecule has 0 aromatic carbocycles. The lowest BCUT2D eigenvalue weighted by Crippen LogP contribution is -2.11. The molecule has 0 aliphatic carbocycles. The zero-order valence-corrected chi connectivity index (χ0v) is 12.7. The molecule has 0 fully saturated rings. The molecule has 1 unspecified atom stereocenters. The minimum absolute atomic E-state index is 0.116. The number of hydrogen-bond donors (Lipinski definition) is 2. The fraction of sp³-hybridized carbons (Fsp3) is 0.417. The molecule has 8 nitrogen and oxygen atoms in total. The number of nitrogens with two attached hydrogens (primary N) is 1. The number of nitrogen functional groups attached to an aromatic ring is 1. The fourth-order valence-electron chi connectivity index (χ4n) is 1.63. The Hall–Kier alpha value is -2.29. The van der Waals surface area contributed by atoms with Gasteiger partial charge in [0.2, 0.25) is 11.8 Å². The highest BCUT2D eigenvalue weighted by atomic mass is 32.1. The molecular weight excluding hydrogens is 292 g/mol. The molecule has 0 spiro atoms. The first-order valence-electron chi connectivity index (χ1n) is 6.37. The first-order chi connectivity index (χ1) is 9.88. The highest BCUT2D eigenvalue weighted by Gasteiger charge is 2.17. The number of nitro groups is 1. The molecule has 0 aliphatic rings. The Bertz CT molecular complexity index is 657. The van der Waals surface area contributed by atoms with Crippen LogP contribution in [0.2, 0.25) is 0 Å². The van der Waals surface area contributed by atoms with Crippen LogP contribution in [-0.2, 0) is 0 Å². The molecule has 112 valence electrons. The average molecular weight is 308 g/mol. The second-order valence-corrected chi connectivity index (χ2v) is 5.74. The summed E-state index contributed by atoms with van der Waals surface area (Å²) in [5.74, 6) is 0.456. The van der Waals surface area contributed by atoms with Gasteiger partial charge in [0.15, 0.2) is 0 Å². The van der Waals surface area contributed by atoms with Gasteiger partial charge in [-0.05, 0) is 6.92 Å². The van der Waals surface area contributed by atoms with Gasteiger partial charge in [-0.25, -0.2) is 9.97 Å². The summed E-state index contributed by atoms with van der Waals surface area (Å²) in [5, 5.41) is 16.7. The van der Waals surface area contributed by atoms with Crippen LogP contribution >= 0.6 is 11.3 Å². The van der Waals surface area contributed by atoms with Gasteiger partial charge in [-0.3, -0.25) is 10.1 Å². The molecule has 9 heteroatoms. The normalized spacial score (nSPS) is 12.4. The molecule has 2 heterocycles. The minimum Gasteiger partial charge on any atom is -0.378 e. The third-order valence-corrected chi connectivity index (χ3v) is 3.98. The maximum absolute atomic E-state index is 10.7. The number of hydrogen-bond acceptors (Lipinski definition) is 8. The fourth-order valence-corrected chi connectivity index (χ4v) is 2.56. The van der Waals surface area contributed by atoms with Crippen molar-refractivity contribution in [1.29, 1.82) is 0 Å². The number of thiazole rings is 1. The largest absolute Gasteiger partial charge is 0.378 e. The van der Waals surface area contributed by atoms with E-state index in [2.05, 4.69) is 34.1 Å². The van der Waals surface area contributed by atoms with Gasteiger partial charge < -0.3 is 11.1 Å². The zero-order chi connectivity index (χ0) is 15.6. The number of nitrogens with one attached hydrogen (secondary N) is 1. The van der Waals surface area contributed by atoms with Gasteiger partial charge in [0, 0.05) is 11.3 Å². The summed E-state index contributed by atoms with van der Waals surface area (Å²) in [6.45, 7) is 6.09. The lowest BCUT2D eigenvalue weighted by molar-refractivity contribution is -0.384. The van der Waals surface area contributed by atoms with Gasteiger partial charge >= 0.3 is 5.69 Å². The lowest BCUT2D eigenvalue weighted by Gasteiger charge is -2.11. The van der Waals surface area contributed by atoms with Crippen LogP contribution in [0, 0.1) is 10.1 Å². The molecule has 0 amide bonds. The van der Waals surface area contributed by atoms with E-state index in [1.165, 1.54) is 0 Å². The van der Waals surface area contributed by atoms with Crippen LogP contribution in [0.1, 0.15) is 43.4 Å². The number of anilines is 2. The molecule has 0 bridgehead atoms. The third kappa shape index (κ3) is 3.43. The Labute approximate surface area is 125 Å². The van der Waals surface area contributed by atoms with E-state index in [-0.39, 0.29) is 23.5 Å². The van der Waals surface area contributed by atoms with E-state index in [4.69, 9.17) is 5.73 Å². The number of nitrogens with zero attached hydrogens (tertiary/aromatic N) is 4. The van der Waals surface area contributed by atoms with Gasteiger partial charge in [0.05, 0.1) is 21.7 Å². The van der Waals surface area contributed by atoms with Gasteiger partial charge in [0.25, 0.3) is 0 Å². The van der Waals surface area contributed by atoms with E-state index in [1.54, 1.807) is 11.3 Å². The van der Waals surface area contributed by atoms with E-state index >= 15 is 0 Å². The summed E-state index contributed by atoms with van der Waals surface area (Å²) in [6, 6.07) is -0.116. The predicted molar refractivity (Wildman–Crippen MR) is 81.3 cm³/mol. The summed E-state index contributed by atoms with van der Waals surface area (Å²) < 4.78 is 0. The van der Waals surface area contributed by atoms with Crippen LogP contribution < -0.4 is 11.1 Å². The van der Waals surface area contributed by atoms with Crippen LogP contribution in [0.4, 0.5) is 17.5 Å². The van der Waals surface area contributed by atoms with Crippen LogP contribution in [-0.4, -0.2) is 19.9 Å². The number of rotatable bonds is 5. The molecule has 1 atom stereocenters. The Kier molecular flexibility index (Phi) is 4.32. The second kappa shape index (κ2) is 6.00. The molecule has 21 heavy (non-hydrogen) atoms. The molecule has 2 aromatic rings. The highest BCUT2D eigenvalue weighted by Crippen LogP contribution is 2.25. The van der Waals surface area contributed by atoms with Crippen molar-refractivity contribution in [2.24, 2.45) is 0 Å². The summed E-state index contributed by atoms with van der Waals surface area (Å²) in [4.78, 5) is 22.4. The van der Waals surface area contributed by atoms with Crippen molar-refractivity contribution in [3.8, 4) is 0 Å². The van der Waals surface area contributed by atoms with E-state index in [1.807, 2.05) is 12.3 Å². The Balaban J connectivity index is 2.13. The van der Waals surface area contributed by atoms with Crippen LogP contribution in [0.3, 0.4) is 0 Å². The van der Waals surface area contributed by atoms with Crippen molar-refractivity contribution in [1.82, 2.24) is 15.0 Å². The van der Waals surface area contributed by atoms with Crippen molar-refractivity contribution in [3.05, 3.63) is 32.4 Å². The quantitative estimate of drug-likeness (QED) is 0.643. The maximum Gasteiger partial charge on any atom is 0.329 e.